The quantitative estimate of drug-likeness (QED) is 0.942. The highest BCUT2D eigenvalue weighted by Gasteiger charge is 2.32. The van der Waals surface area contributed by atoms with Crippen molar-refractivity contribution in [3.8, 4) is 0 Å². The van der Waals surface area contributed by atoms with Crippen LogP contribution in [0.5, 0.6) is 0 Å². The van der Waals surface area contributed by atoms with Gasteiger partial charge in [0.2, 0.25) is 0 Å². The van der Waals surface area contributed by atoms with Crippen molar-refractivity contribution in [2.24, 2.45) is 0 Å². The molecule has 0 radical (unpaired) electrons. The number of fused-ring (bicyclic) bond motifs is 1. The van der Waals surface area contributed by atoms with Gasteiger partial charge >= 0.3 is 5.97 Å². The monoisotopic (exact) mass is 302 g/mol. The molecular weight excluding hydrogens is 284 g/mol. The lowest BCUT2D eigenvalue weighted by molar-refractivity contribution is -0.138. The van der Waals surface area contributed by atoms with Gasteiger partial charge < -0.3 is 10.0 Å². The molecule has 0 saturated carbocycles. The maximum Gasteiger partial charge on any atom is 0.312 e. The summed E-state index contributed by atoms with van der Waals surface area (Å²) < 4.78 is 0. The van der Waals surface area contributed by atoms with Crippen LogP contribution in [-0.4, -0.2) is 23.1 Å². The number of aliphatic carboxylic acids is 1. The molecule has 21 heavy (non-hydrogen) atoms. The summed E-state index contributed by atoms with van der Waals surface area (Å²) in [6.45, 7) is 2.86. The van der Waals surface area contributed by atoms with Gasteiger partial charge in [0.05, 0.1) is 5.69 Å². The highest BCUT2D eigenvalue weighted by atomic mass is 32.1. The fourth-order valence-electron chi connectivity index (χ4n) is 2.65. The lowest BCUT2D eigenvalue weighted by Gasteiger charge is -2.16. The molecule has 1 N–H and O–H groups in total. The minimum absolute atomic E-state index is 0.419. The molecule has 1 aromatic carbocycles. The van der Waals surface area contributed by atoms with Crippen LogP contribution in [0.25, 0.3) is 0 Å². The first-order chi connectivity index (χ1) is 10.0. The Kier molecular flexibility index (Phi) is 3.68. The third-order valence-corrected chi connectivity index (χ3v) is 5.12. The Bertz CT molecular complexity index is 663. The van der Waals surface area contributed by atoms with Crippen LogP contribution in [0, 0.1) is 6.92 Å². The Labute approximate surface area is 128 Å². The number of aromatic nitrogens is 1. The number of carbonyl (C=O) groups is 1. The summed E-state index contributed by atoms with van der Waals surface area (Å²) in [6.07, 6.45) is 1.52. The van der Waals surface area contributed by atoms with Crippen LogP contribution in [0.4, 0.5) is 5.13 Å². The Morgan fingerprint density at radius 3 is 2.81 bits per heavy atom. The van der Waals surface area contributed by atoms with Gasteiger partial charge in [-0.15, -0.1) is 11.3 Å². The number of carboxylic acid groups (broad SMARTS) is 1. The van der Waals surface area contributed by atoms with Crippen molar-refractivity contribution in [1.29, 1.82) is 0 Å². The topological polar surface area (TPSA) is 53.4 Å². The summed E-state index contributed by atoms with van der Waals surface area (Å²) >= 11 is 1.63. The number of hydrogen-bond donors (Lipinski definition) is 1. The third kappa shape index (κ3) is 2.78. The van der Waals surface area contributed by atoms with Crippen molar-refractivity contribution >= 4 is 22.4 Å². The first-order valence-corrected chi connectivity index (χ1v) is 7.85. The van der Waals surface area contributed by atoms with Gasteiger partial charge in [-0.1, -0.05) is 29.8 Å². The Morgan fingerprint density at radius 1 is 1.43 bits per heavy atom. The summed E-state index contributed by atoms with van der Waals surface area (Å²) in [5, 5.41) is 10.1. The van der Waals surface area contributed by atoms with E-state index in [1.165, 1.54) is 11.1 Å². The predicted octanol–water partition coefficient (Wildman–Crippen LogP) is 3.20. The van der Waals surface area contributed by atoms with Crippen LogP contribution in [0.3, 0.4) is 0 Å². The zero-order valence-corrected chi connectivity index (χ0v) is 13.0. The Morgan fingerprint density at radius 2 is 2.14 bits per heavy atom. The molecular formula is C16H18N2O2S. The number of aryl methyl sites for hydroxylation is 2. The number of benzene rings is 1. The van der Waals surface area contributed by atoms with E-state index in [-0.39, 0.29) is 0 Å². The number of rotatable bonds is 4. The highest BCUT2D eigenvalue weighted by molar-refractivity contribution is 7.15. The first-order valence-electron chi connectivity index (χ1n) is 7.03. The van der Waals surface area contributed by atoms with E-state index >= 15 is 0 Å². The molecule has 4 nitrogen and oxygen atoms in total. The molecule has 1 unspecified atom stereocenters. The number of nitrogens with zero attached hydrogens (tertiary/aromatic N) is 2. The molecule has 0 bridgehead atoms. The molecule has 1 aliphatic rings. The molecule has 5 heteroatoms. The lowest BCUT2D eigenvalue weighted by atomic mass is 10.1. The van der Waals surface area contributed by atoms with Crippen LogP contribution in [0.2, 0.25) is 0 Å². The maximum atomic E-state index is 11.2. The highest BCUT2D eigenvalue weighted by Crippen LogP contribution is 2.39. The van der Waals surface area contributed by atoms with Crippen molar-refractivity contribution < 1.29 is 9.90 Å². The molecule has 1 aliphatic carbocycles. The molecule has 2 aromatic rings. The normalized spacial score (nSPS) is 16.8. The van der Waals surface area contributed by atoms with Crippen molar-refractivity contribution in [2.45, 2.75) is 32.2 Å². The van der Waals surface area contributed by atoms with Gasteiger partial charge in [0.15, 0.2) is 5.13 Å². The predicted molar refractivity (Wildman–Crippen MR) is 84.1 cm³/mol. The summed E-state index contributed by atoms with van der Waals surface area (Å²) in [7, 11) is 2.00. The van der Waals surface area contributed by atoms with Crippen molar-refractivity contribution in [3.63, 3.8) is 0 Å². The van der Waals surface area contributed by atoms with E-state index < -0.39 is 11.9 Å². The van der Waals surface area contributed by atoms with E-state index in [1.54, 1.807) is 11.3 Å². The van der Waals surface area contributed by atoms with E-state index in [1.807, 2.05) is 7.05 Å². The van der Waals surface area contributed by atoms with Crippen LogP contribution >= 0.6 is 11.3 Å². The number of thiazole rings is 1. The van der Waals surface area contributed by atoms with Crippen molar-refractivity contribution in [1.82, 2.24) is 4.98 Å². The average molecular weight is 302 g/mol. The second kappa shape index (κ2) is 5.48. The van der Waals surface area contributed by atoms with E-state index in [2.05, 4.69) is 41.1 Å². The largest absolute Gasteiger partial charge is 0.481 e. The molecule has 0 amide bonds. The summed E-state index contributed by atoms with van der Waals surface area (Å²) in [5.74, 6) is -1.18. The molecule has 0 fully saturated rings. The number of anilines is 1. The second-order valence-electron chi connectivity index (χ2n) is 5.58. The lowest BCUT2D eigenvalue weighted by Crippen LogP contribution is -2.16. The zero-order valence-electron chi connectivity index (χ0n) is 12.2. The van der Waals surface area contributed by atoms with E-state index in [0.717, 1.165) is 28.7 Å². The van der Waals surface area contributed by atoms with Crippen LogP contribution in [-0.2, 0) is 17.8 Å². The molecule has 0 spiro atoms. The van der Waals surface area contributed by atoms with Gasteiger partial charge in [-0.05, 0) is 25.3 Å². The van der Waals surface area contributed by atoms with Crippen LogP contribution in [0.1, 0.15) is 34.0 Å². The first kappa shape index (κ1) is 14.1. The molecule has 0 aliphatic heterocycles. The minimum Gasteiger partial charge on any atom is -0.481 e. The maximum absolute atomic E-state index is 11.2. The van der Waals surface area contributed by atoms with Crippen LogP contribution in [0.15, 0.2) is 24.3 Å². The zero-order chi connectivity index (χ0) is 15.0. The Balaban J connectivity index is 1.77. The van der Waals surface area contributed by atoms with Gasteiger partial charge in [0.1, 0.15) is 5.92 Å². The van der Waals surface area contributed by atoms with Gasteiger partial charge in [-0.25, -0.2) is 4.98 Å². The van der Waals surface area contributed by atoms with E-state index in [0.29, 0.717) is 6.42 Å². The van der Waals surface area contributed by atoms with Gasteiger partial charge in [0.25, 0.3) is 0 Å². The van der Waals surface area contributed by atoms with Gasteiger partial charge in [-0.2, -0.15) is 0 Å². The fraction of sp³-hybridized carbons (Fsp3) is 0.375. The third-order valence-electron chi connectivity index (χ3n) is 3.87. The number of carboxylic acids is 1. The average Bonchev–Trinajstić information content (AvgIpc) is 3.00. The summed E-state index contributed by atoms with van der Waals surface area (Å²) in [5.41, 5.74) is 3.26. The van der Waals surface area contributed by atoms with Gasteiger partial charge in [0, 0.05) is 18.5 Å². The van der Waals surface area contributed by atoms with Gasteiger partial charge in [-0.3, -0.25) is 4.79 Å². The molecule has 0 saturated heterocycles. The molecule has 1 aromatic heterocycles. The smallest absolute Gasteiger partial charge is 0.312 e. The number of hydrogen-bond acceptors (Lipinski definition) is 4. The Hall–Kier alpha value is -1.88. The standard InChI is InChI=1S/C16H18N2O2S/c1-10-3-5-11(6-4-10)9-18(2)16-17-14-12(15(19)20)7-8-13(14)21-16/h3-6,12H,7-9H2,1-2H3,(H,19,20). The van der Waals surface area contributed by atoms with E-state index in [9.17, 15) is 9.90 Å². The molecule has 3 rings (SSSR count). The van der Waals surface area contributed by atoms with Crippen molar-refractivity contribution in [3.05, 3.63) is 46.0 Å². The second-order valence-corrected chi connectivity index (χ2v) is 6.64. The van der Waals surface area contributed by atoms with E-state index in [4.69, 9.17) is 0 Å². The SMILES string of the molecule is Cc1ccc(CN(C)c2nc3c(s2)CCC3C(=O)O)cc1. The summed E-state index contributed by atoms with van der Waals surface area (Å²) in [4.78, 5) is 19.0. The minimum atomic E-state index is -0.758. The van der Waals surface area contributed by atoms with Crippen molar-refractivity contribution in [2.75, 3.05) is 11.9 Å². The van der Waals surface area contributed by atoms with Crippen LogP contribution < -0.4 is 4.90 Å². The molecule has 110 valence electrons. The molecule has 1 heterocycles. The molecule has 1 atom stereocenters. The fourth-order valence-corrected chi connectivity index (χ4v) is 3.75. The summed E-state index contributed by atoms with van der Waals surface area (Å²) in [6, 6.07) is 8.44.